The molecule has 1 aliphatic rings. The van der Waals surface area contributed by atoms with Gasteiger partial charge in [-0.05, 0) is 43.5 Å². The molecule has 3 rings (SSSR count). The lowest BCUT2D eigenvalue weighted by atomic mass is 10.1. The fraction of sp³-hybridized carbons (Fsp3) is 0.316. The lowest BCUT2D eigenvalue weighted by molar-refractivity contribution is -0.115. The lowest BCUT2D eigenvalue weighted by Gasteiger charge is -2.21. The van der Waals surface area contributed by atoms with Gasteiger partial charge in [-0.25, -0.2) is 4.39 Å². The Balaban J connectivity index is 1.76. The molecule has 0 aromatic heterocycles. The first-order valence-corrected chi connectivity index (χ1v) is 8.02. The Hall–Kier alpha value is -2.36. The van der Waals surface area contributed by atoms with Crippen LogP contribution in [0.2, 0.25) is 0 Å². The second-order valence-electron chi connectivity index (χ2n) is 6.07. The number of nitrogens with one attached hydrogen (secondary N) is 1. The molecular formula is C19H21FN2O. The standard InChI is InChI=1S/C19H21FN2O/c1-14-5-4-6-15(11-14)12-19(23)21-17-13-16(20)7-8-18(17)22-9-2-3-10-22/h4-8,11,13H,2-3,9-10,12H2,1H3,(H,21,23). The van der Waals surface area contributed by atoms with E-state index < -0.39 is 0 Å². The number of carbonyl (C=O) groups is 1. The molecule has 1 heterocycles. The summed E-state index contributed by atoms with van der Waals surface area (Å²) in [5, 5.41) is 2.88. The highest BCUT2D eigenvalue weighted by Crippen LogP contribution is 2.29. The highest BCUT2D eigenvalue weighted by Gasteiger charge is 2.17. The molecule has 3 nitrogen and oxygen atoms in total. The Morgan fingerprint density at radius 3 is 2.70 bits per heavy atom. The van der Waals surface area contributed by atoms with Crippen LogP contribution in [0.1, 0.15) is 24.0 Å². The zero-order valence-electron chi connectivity index (χ0n) is 13.3. The van der Waals surface area contributed by atoms with Gasteiger partial charge in [-0.1, -0.05) is 29.8 Å². The molecule has 1 aliphatic heterocycles. The van der Waals surface area contributed by atoms with Gasteiger partial charge < -0.3 is 10.2 Å². The quantitative estimate of drug-likeness (QED) is 0.928. The Labute approximate surface area is 136 Å². The molecule has 1 saturated heterocycles. The second-order valence-corrected chi connectivity index (χ2v) is 6.07. The van der Waals surface area contributed by atoms with Crippen LogP contribution in [-0.2, 0) is 11.2 Å². The first-order chi connectivity index (χ1) is 11.1. The Bertz CT molecular complexity index is 708. The maximum Gasteiger partial charge on any atom is 0.228 e. The fourth-order valence-electron chi connectivity index (χ4n) is 3.04. The van der Waals surface area contributed by atoms with Crippen molar-refractivity contribution in [2.24, 2.45) is 0 Å². The molecule has 0 saturated carbocycles. The number of amides is 1. The highest BCUT2D eigenvalue weighted by atomic mass is 19.1. The third-order valence-corrected chi connectivity index (χ3v) is 4.13. The van der Waals surface area contributed by atoms with E-state index in [9.17, 15) is 9.18 Å². The van der Waals surface area contributed by atoms with Gasteiger partial charge in [0, 0.05) is 13.1 Å². The summed E-state index contributed by atoms with van der Waals surface area (Å²) in [4.78, 5) is 14.5. The maximum absolute atomic E-state index is 13.6. The molecule has 0 atom stereocenters. The van der Waals surface area contributed by atoms with Gasteiger partial charge in [-0.2, -0.15) is 0 Å². The number of aryl methyl sites for hydroxylation is 1. The molecule has 0 radical (unpaired) electrons. The van der Waals surface area contributed by atoms with E-state index in [1.165, 1.54) is 12.1 Å². The molecular weight excluding hydrogens is 291 g/mol. The Morgan fingerprint density at radius 2 is 1.96 bits per heavy atom. The number of hydrogen-bond donors (Lipinski definition) is 1. The van der Waals surface area contributed by atoms with Gasteiger partial charge in [0.1, 0.15) is 5.82 Å². The molecule has 1 fully saturated rings. The van der Waals surface area contributed by atoms with Gasteiger partial charge in [-0.15, -0.1) is 0 Å². The minimum absolute atomic E-state index is 0.123. The van der Waals surface area contributed by atoms with E-state index >= 15 is 0 Å². The monoisotopic (exact) mass is 312 g/mol. The summed E-state index contributed by atoms with van der Waals surface area (Å²) in [5.74, 6) is -0.458. The zero-order valence-corrected chi connectivity index (χ0v) is 13.3. The van der Waals surface area contributed by atoms with Crippen LogP contribution in [0.15, 0.2) is 42.5 Å². The molecule has 0 unspecified atom stereocenters. The van der Waals surface area contributed by atoms with E-state index in [2.05, 4.69) is 10.2 Å². The molecule has 0 bridgehead atoms. The zero-order chi connectivity index (χ0) is 16.2. The highest BCUT2D eigenvalue weighted by molar-refractivity contribution is 5.95. The van der Waals surface area contributed by atoms with Crippen LogP contribution < -0.4 is 10.2 Å². The van der Waals surface area contributed by atoms with Crippen molar-refractivity contribution >= 4 is 17.3 Å². The summed E-state index contributed by atoms with van der Waals surface area (Å²) in [7, 11) is 0. The van der Waals surface area contributed by atoms with E-state index in [0.29, 0.717) is 5.69 Å². The van der Waals surface area contributed by atoms with Crippen molar-refractivity contribution in [2.75, 3.05) is 23.3 Å². The molecule has 1 N–H and O–H groups in total. The topological polar surface area (TPSA) is 32.3 Å². The lowest BCUT2D eigenvalue weighted by Crippen LogP contribution is -2.22. The van der Waals surface area contributed by atoms with Crippen molar-refractivity contribution in [3.05, 3.63) is 59.4 Å². The van der Waals surface area contributed by atoms with Gasteiger partial charge in [0.25, 0.3) is 0 Å². The number of halogens is 1. The normalized spacial score (nSPS) is 14.1. The van der Waals surface area contributed by atoms with E-state index in [0.717, 1.165) is 42.7 Å². The SMILES string of the molecule is Cc1cccc(CC(=O)Nc2cc(F)ccc2N2CCCC2)c1. The molecule has 2 aromatic carbocycles. The van der Waals surface area contributed by atoms with Crippen LogP contribution >= 0.6 is 0 Å². The van der Waals surface area contributed by atoms with Crippen molar-refractivity contribution in [3.63, 3.8) is 0 Å². The van der Waals surface area contributed by atoms with Gasteiger partial charge in [-0.3, -0.25) is 4.79 Å². The smallest absolute Gasteiger partial charge is 0.228 e. The molecule has 23 heavy (non-hydrogen) atoms. The van der Waals surface area contributed by atoms with Gasteiger partial charge in [0.15, 0.2) is 0 Å². The summed E-state index contributed by atoms with van der Waals surface area (Å²) < 4.78 is 13.6. The van der Waals surface area contributed by atoms with E-state index in [1.54, 1.807) is 6.07 Å². The number of carbonyl (C=O) groups excluding carboxylic acids is 1. The van der Waals surface area contributed by atoms with Crippen LogP contribution in [0, 0.1) is 12.7 Å². The van der Waals surface area contributed by atoms with Crippen molar-refractivity contribution in [2.45, 2.75) is 26.2 Å². The molecule has 1 amide bonds. The summed E-state index contributed by atoms with van der Waals surface area (Å²) in [6, 6.07) is 12.5. The van der Waals surface area contributed by atoms with Crippen molar-refractivity contribution in [1.29, 1.82) is 0 Å². The second kappa shape index (κ2) is 6.82. The van der Waals surface area contributed by atoms with Gasteiger partial charge in [0.2, 0.25) is 5.91 Å². The number of benzene rings is 2. The third-order valence-electron chi connectivity index (χ3n) is 4.13. The van der Waals surface area contributed by atoms with Crippen molar-refractivity contribution in [1.82, 2.24) is 0 Å². The number of rotatable bonds is 4. The van der Waals surface area contributed by atoms with E-state index in [4.69, 9.17) is 0 Å². The van der Waals surface area contributed by atoms with Crippen LogP contribution in [0.25, 0.3) is 0 Å². The minimum atomic E-state index is -0.334. The predicted octanol–water partition coefficient (Wildman–Crippen LogP) is 3.92. The average molecular weight is 312 g/mol. The largest absolute Gasteiger partial charge is 0.370 e. The first-order valence-electron chi connectivity index (χ1n) is 8.02. The van der Waals surface area contributed by atoms with Crippen molar-refractivity contribution < 1.29 is 9.18 Å². The molecule has 0 spiro atoms. The third kappa shape index (κ3) is 3.89. The summed E-state index contributed by atoms with van der Waals surface area (Å²) in [6.45, 7) is 3.90. The molecule has 2 aromatic rings. The predicted molar refractivity (Wildman–Crippen MR) is 91.4 cm³/mol. The number of anilines is 2. The average Bonchev–Trinajstić information content (AvgIpc) is 3.01. The summed E-state index contributed by atoms with van der Waals surface area (Å²) in [6.07, 6.45) is 2.56. The van der Waals surface area contributed by atoms with Crippen LogP contribution in [0.4, 0.5) is 15.8 Å². The Morgan fingerprint density at radius 1 is 1.17 bits per heavy atom. The van der Waals surface area contributed by atoms with Crippen LogP contribution in [0.5, 0.6) is 0 Å². The molecule has 4 heteroatoms. The van der Waals surface area contributed by atoms with Gasteiger partial charge >= 0.3 is 0 Å². The first kappa shape index (κ1) is 15.5. The molecule has 120 valence electrons. The fourth-order valence-corrected chi connectivity index (χ4v) is 3.04. The van der Waals surface area contributed by atoms with E-state index in [1.807, 2.05) is 31.2 Å². The summed E-state index contributed by atoms with van der Waals surface area (Å²) >= 11 is 0. The van der Waals surface area contributed by atoms with Crippen molar-refractivity contribution in [3.8, 4) is 0 Å². The minimum Gasteiger partial charge on any atom is -0.370 e. The van der Waals surface area contributed by atoms with Crippen LogP contribution in [-0.4, -0.2) is 19.0 Å². The Kier molecular flexibility index (Phi) is 4.60. The van der Waals surface area contributed by atoms with Crippen LogP contribution in [0.3, 0.4) is 0 Å². The summed E-state index contributed by atoms with van der Waals surface area (Å²) in [5.41, 5.74) is 3.55. The van der Waals surface area contributed by atoms with Gasteiger partial charge in [0.05, 0.1) is 17.8 Å². The maximum atomic E-state index is 13.6. The van der Waals surface area contributed by atoms with E-state index in [-0.39, 0.29) is 18.1 Å². The number of hydrogen-bond acceptors (Lipinski definition) is 2. The number of nitrogens with zero attached hydrogens (tertiary/aromatic N) is 1. The molecule has 0 aliphatic carbocycles.